The lowest BCUT2D eigenvalue weighted by molar-refractivity contribution is -0.140. The molecule has 0 aromatic heterocycles. The molecule has 1 N–H and O–H groups in total. The van der Waals surface area contributed by atoms with Crippen LogP contribution in [-0.2, 0) is 14.9 Å². The molecule has 0 aliphatic heterocycles. The molecule has 2 aromatic carbocycles. The maximum Gasteiger partial charge on any atom is 0.339 e. The molecule has 0 saturated heterocycles. The Balaban J connectivity index is 1.26. The molecule has 5 nitrogen and oxygen atoms in total. The number of halogens is 1. The van der Waals surface area contributed by atoms with Crippen molar-refractivity contribution in [2.45, 2.75) is 43.4 Å². The van der Waals surface area contributed by atoms with E-state index in [1.807, 2.05) is 0 Å². The summed E-state index contributed by atoms with van der Waals surface area (Å²) >= 11 is 0. The highest BCUT2D eigenvalue weighted by molar-refractivity contribution is 7.87. The zero-order chi connectivity index (χ0) is 20.9. The molecule has 4 bridgehead atoms. The molecular formula is C23H24FNO4S. The Morgan fingerprint density at radius 1 is 0.900 bits per heavy atom. The van der Waals surface area contributed by atoms with Gasteiger partial charge in [-0.15, -0.1) is 0 Å². The van der Waals surface area contributed by atoms with Crippen molar-refractivity contribution in [2.24, 2.45) is 23.2 Å². The molecule has 4 aliphatic carbocycles. The van der Waals surface area contributed by atoms with Crippen LogP contribution in [0.15, 0.2) is 53.4 Å². The molecule has 158 valence electrons. The highest BCUT2D eigenvalue weighted by Crippen LogP contribution is 2.60. The van der Waals surface area contributed by atoms with E-state index in [0.29, 0.717) is 23.4 Å². The van der Waals surface area contributed by atoms with Crippen LogP contribution in [0.4, 0.5) is 10.1 Å². The van der Waals surface area contributed by atoms with Crippen molar-refractivity contribution in [2.75, 3.05) is 5.32 Å². The van der Waals surface area contributed by atoms with Gasteiger partial charge >= 0.3 is 10.1 Å². The summed E-state index contributed by atoms with van der Waals surface area (Å²) in [5.74, 6) is 1.77. The molecule has 0 atom stereocenters. The number of hydrogen-bond acceptors (Lipinski definition) is 4. The third-order valence-electron chi connectivity index (χ3n) is 6.94. The van der Waals surface area contributed by atoms with Gasteiger partial charge in [0.2, 0.25) is 5.91 Å². The van der Waals surface area contributed by atoms with Crippen molar-refractivity contribution in [3.05, 3.63) is 54.3 Å². The van der Waals surface area contributed by atoms with E-state index in [1.165, 1.54) is 31.4 Å². The number of hydrogen-bond donors (Lipinski definition) is 1. The zero-order valence-electron chi connectivity index (χ0n) is 16.5. The fourth-order valence-corrected chi connectivity index (χ4v) is 6.95. The summed E-state index contributed by atoms with van der Waals surface area (Å²) in [7, 11) is -4.05. The Labute approximate surface area is 175 Å². The molecule has 0 radical (unpaired) electrons. The second kappa shape index (κ2) is 7.08. The van der Waals surface area contributed by atoms with E-state index < -0.39 is 15.9 Å². The van der Waals surface area contributed by atoms with Gasteiger partial charge in [0, 0.05) is 5.69 Å². The molecule has 4 aliphatic rings. The van der Waals surface area contributed by atoms with Gasteiger partial charge in [-0.2, -0.15) is 8.42 Å². The van der Waals surface area contributed by atoms with Gasteiger partial charge < -0.3 is 9.50 Å². The second-order valence-electron chi connectivity index (χ2n) is 9.17. The van der Waals surface area contributed by atoms with Crippen molar-refractivity contribution < 1.29 is 21.8 Å². The molecule has 0 spiro atoms. The van der Waals surface area contributed by atoms with Gasteiger partial charge in [-0.05, 0) is 105 Å². The van der Waals surface area contributed by atoms with Crippen LogP contribution >= 0.6 is 0 Å². The summed E-state index contributed by atoms with van der Waals surface area (Å²) in [6, 6.07) is 10.8. The van der Waals surface area contributed by atoms with E-state index in [2.05, 4.69) is 5.32 Å². The molecule has 30 heavy (non-hydrogen) atoms. The Hall–Kier alpha value is -2.41. The van der Waals surface area contributed by atoms with E-state index in [4.69, 9.17) is 4.18 Å². The molecule has 6 rings (SSSR count). The molecule has 2 aromatic rings. The minimum absolute atomic E-state index is 0.0919. The summed E-state index contributed by atoms with van der Waals surface area (Å²) < 4.78 is 42.8. The summed E-state index contributed by atoms with van der Waals surface area (Å²) in [5, 5.41) is 3.04. The van der Waals surface area contributed by atoms with Crippen molar-refractivity contribution in [1.29, 1.82) is 0 Å². The first-order valence-electron chi connectivity index (χ1n) is 10.4. The van der Waals surface area contributed by atoms with Crippen LogP contribution in [0.1, 0.15) is 38.5 Å². The SMILES string of the molecule is O=C(Nc1ccc(OS(=O)(=O)c2ccc(F)cc2)cc1)C12CC3CC(CC(C3)C1)C2. The smallest absolute Gasteiger partial charge is 0.339 e. The average Bonchev–Trinajstić information content (AvgIpc) is 2.68. The van der Waals surface area contributed by atoms with Crippen LogP contribution in [0.5, 0.6) is 5.75 Å². The third kappa shape index (κ3) is 3.60. The number of benzene rings is 2. The Morgan fingerprint density at radius 2 is 1.43 bits per heavy atom. The molecule has 7 heteroatoms. The minimum Gasteiger partial charge on any atom is -0.379 e. The van der Waals surface area contributed by atoms with Crippen LogP contribution in [0, 0.1) is 29.0 Å². The molecule has 0 unspecified atom stereocenters. The second-order valence-corrected chi connectivity index (χ2v) is 10.7. The fourth-order valence-electron chi connectivity index (χ4n) is 6.02. The van der Waals surface area contributed by atoms with Gasteiger partial charge in [-0.1, -0.05) is 0 Å². The molecule has 4 saturated carbocycles. The van der Waals surface area contributed by atoms with Crippen LogP contribution in [-0.4, -0.2) is 14.3 Å². The molecular weight excluding hydrogens is 405 g/mol. The minimum atomic E-state index is -4.05. The van der Waals surface area contributed by atoms with Gasteiger partial charge in [-0.25, -0.2) is 4.39 Å². The highest BCUT2D eigenvalue weighted by atomic mass is 32.2. The van der Waals surface area contributed by atoms with Crippen LogP contribution in [0.2, 0.25) is 0 Å². The highest BCUT2D eigenvalue weighted by Gasteiger charge is 2.54. The van der Waals surface area contributed by atoms with Crippen molar-refractivity contribution in [3.63, 3.8) is 0 Å². The maximum absolute atomic E-state index is 13.1. The number of anilines is 1. The lowest BCUT2D eigenvalue weighted by atomic mass is 9.49. The number of nitrogens with one attached hydrogen (secondary N) is 1. The first-order chi connectivity index (χ1) is 14.3. The van der Waals surface area contributed by atoms with Crippen LogP contribution in [0.25, 0.3) is 0 Å². The molecule has 4 fully saturated rings. The van der Waals surface area contributed by atoms with Gasteiger partial charge in [0.25, 0.3) is 0 Å². The van der Waals surface area contributed by atoms with E-state index in [1.54, 1.807) is 12.1 Å². The fraction of sp³-hybridized carbons (Fsp3) is 0.435. The molecule has 0 heterocycles. The van der Waals surface area contributed by atoms with Gasteiger partial charge in [-0.3, -0.25) is 4.79 Å². The van der Waals surface area contributed by atoms with E-state index in [0.717, 1.165) is 43.5 Å². The Bertz CT molecular complexity index is 1030. The van der Waals surface area contributed by atoms with E-state index >= 15 is 0 Å². The zero-order valence-corrected chi connectivity index (χ0v) is 17.3. The third-order valence-corrected chi connectivity index (χ3v) is 8.20. The monoisotopic (exact) mass is 429 g/mol. The normalized spacial score (nSPS) is 29.6. The number of carbonyl (C=O) groups excluding carboxylic acids is 1. The standard InChI is InChI=1S/C23H24FNO4S/c24-18-1-7-21(8-2-18)30(27,28)29-20-5-3-19(4-6-20)25-22(26)23-12-15-9-16(13-23)11-17(10-15)14-23/h1-8,15-17H,9-14H2,(H,25,26). The summed E-state index contributed by atoms with van der Waals surface area (Å²) in [4.78, 5) is 13.0. The topological polar surface area (TPSA) is 72.5 Å². The van der Waals surface area contributed by atoms with Gasteiger partial charge in [0.1, 0.15) is 16.5 Å². The maximum atomic E-state index is 13.1. The van der Waals surface area contributed by atoms with E-state index in [-0.39, 0.29) is 22.0 Å². The average molecular weight is 430 g/mol. The summed E-state index contributed by atoms with van der Waals surface area (Å²) in [6.07, 6.45) is 6.80. The lowest BCUT2D eigenvalue weighted by Crippen LogP contribution is -2.51. The predicted octanol–water partition coefficient (Wildman–Crippen LogP) is 4.75. The lowest BCUT2D eigenvalue weighted by Gasteiger charge is -2.55. The van der Waals surface area contributed by atoms with Crippen molar-refractivity contribution in [3.8, 4) is 5.75 Å². The van der Waals surface area contributed by atoms with Gasteiger partial charge in [0.05, 0.1) is 5.41 Å². The van der Waals surface area contributed by atoms with Crippen LogP contribution in [0.3, 0.4) is 0 Å². The van der Waals surface area contributed by atoms with Gasteiger partial charge in [0.15, 0.2) is 0 Å². The molecule has 1 amide bonds. The summed E-state index contributed by atoms with van der Waals surface area (Å²) in [5.41, 5.74) is 0.387. The quantitative estimate of drug-likeness (QED) is 0.697. The van der Waals surface area contributed by atoms with E-state index in [9.17, 15) is 17.6 Å². The largest absolute Gasteiger partial charge is 0.379 e. The first-order valence-corrected chi connectivity index (χ1v) is 11.8. The van der Waals surface area contributed by atoms with Crippen molar-refractivity contribution in [1.82, 2.24) is 0 Å². The first kappa shape index (κ1) is 19.5. The predicted molar refractivity (Wildman–Crippen MR) is 110 cm³/mol. The Morgan fingerprint density at radius 3 is 1.97 bits per heavy atom. The number of rotatable bonds is 5. The number of amides is 1. The van der Waals surface area contributed by atoms with Crippen molar-refractivity contribution >= 4 is 21.7 Å². The van der Waals surface area contributed by atoms with Crippen LogP contribution < -0.4 is 9.50 Å². The number of carbonyl (C=O) groups is 1. The Kier molecular flexibility index (Phi) is 4.61. The summed E-state index contributed by atoms with van der Waals surface area (Å²) in [6.45, 7) is 0.